The minimum Gasteiger partial charge on any atom is -0.310 e. The van der Waals surface area contributed by atoms with E-state index in [0.29, 0.717) is 0 Å². The van der Waals surface area contributed by atoms with Crippen LogP contribution in [0.4, 0.5) is 17.1 Å². The summed E-state index contributed by atoms with van der Waals surface area (Å²) in [7, 11) is 0. The van der Waals surface area contributed by atoms with Crippen LogP contribution in [0.3, 0.4) is 0 Å². The van der Waals surface area contributed by atoms with Gasteiger partial charge in [0, 0.05) is 17.1 Å². The molecule has 0 radical (unpaired) electrons. The van der Waals surface area contributed by atoms with Crippen molar-refractivity contribution in [1.29, 1.82) is 0 Å². The number of anilines is 3. The molecular weight excluding hydrogens is 555 g/mol. The maximum Gasteiger partial charge on any atom is 0.0493 e. The third kappa shape index (κ3) is 4.70. The zero-order valence-electron chi connectivity index (χ0n) is 27.6. The molecule has 8 rings (SSSR count). The second kappa shape index (κ2) is 10.5. The highest BCUT2D eigenvalue weighted by Crippen LogP contribution is 2.51. The number of para-hydroxylation sites is 1. The van der Waals surface area contributed by atoms with Crippen LogP contribution in [-0.2, 0) is 5.41 Å². The molecule has 46 heavy (non-hydrogen) atoms. The van der Waals surface area contributed by atoms with E-state index < -0.39 is 0 Å². The molecule has 0 saturated heterocycles. The molecule has 0 spiro atoms. The van der Waals surface area contributed by atoms with Gasteiger partial charge in [-0.3, -0.25) is 0 Å². The summed E-state index contributed by atoms with van der Waals surface area (Å²) in [5.74, 6) is 0. The van der Waals surface area contributed by atoms with Gasteiger partial charge in [-0.1, -0.05) is 93.6 Å². The zero-order valence-corrected chi connectivity index (χ0v) is 27.6. The Labute approximate surface area is 272 Å². The van der Waals surface area contributed by atoms with Gasteiger partial charge in [0.25, 0.3) is 0 Å². The molecule has 7 aromatic carbocycles. The normalized spacial score (nSPS) is 12.1. The van der Waals surface area contributed by atoms with Crippen molar-refractivity contribution in [1.82, 2.24) is 0 Å². The van der Waals surface area contributed by atoms with Crippen LogP contribution in [0.25, 0.3) is 54.9 Å². The van der Waals surface area contributed by atoms with Gasteiger partial charge in [-0.15, -0.1) is 0 Å². The zero-order chi connectivity index (χ0) is 31.7. The summed E-state index contributed by atoms with van der Waals surface area (Å²) in [5.41, 5.74) is 16.8. The molecular formula is C45H39N. The number of benzene rings is 7. The highest BCUT2D eigenvalue weighted by molar-refractivity contribution is 6.12. The summed E-state index contributed by atoms with van der Waals surface area (Å²) < 4.78 is 0. The van der Waals surface area contributed by atoms with Gasteiger partial charge in [-0.25, -0.2) is 0 Å². The molecule has 7 aromatic rings. The largest absolute Gasteiger partial charge is 0.310 e. The summed E-state index contributed by atoms with van der Waals surface area (Å²) in [6.45, 7) is 13.4. The molecule has 0 unspecified atom stereocenters. The smallest absolute Gasteiger partial charge is 0.0493 e. The highest BCUT2D eigenvalue weighted by atomic mass is 15.1. The van der Waals surface area contributed by atoms with Crippen molar-refractivity contribution in [3.8, 4) is 33.4 Å². The molecule has 0 bridgehead atoms. The molecule has 0 atom stereocenters. The van der Waals surface area contributed by atoms with E-state index in [9.17, 15) is 0 Å². The first kappa shape index (κ1) is 28.3. The van der Waals surface area contributed by atoms with Crippen LogP contribution in [0.5, 0.6) is 0 Å². The van der Waals surface area contributed by atoms with Crippen molar-refractivity contribution in [3.63, 3.8) is 0 Å². The first-order chi connectivity index (χ1) is 22.1. The van der Waals surface area contributed by atoms with Gasteiger partial charge in [-0.05, 0) is 158 Å². The fourth-order valence-corrected chi connectivity index (χ4v) is 7.08. The van der Waals surface area contributed by atoms with E-state index in [1.165, 1.54) is 94.2 Å². The van der Waals surface area contributed by atoms with Crippen molar-refractivity contribution < 1.29 is 0 Å². The summed E-state index contributed by atoms with van der Waals surface area (Å²) >= 11 is 0. The molecule has 1 aliphatic rings. The van der Waals surface area contributed by atoms with Crippen LogP contribution >= 0.6 is 0 Å². The second-order valence-electron chi connectivity index (χ2n) is 14.1. The van der Waals surface area contributed by atoms with Crippen LogP contribution in [0.1, 0.15) is 43.0 Å². The Kier molecular flexibility index (Phi) is 6.44. The van der Waals surface area contributed by atoms with E-state index in [0.717, 1.165) is 0 Å². The third-order valence-electron chi connectivity index (χ3n) is 9.82. The van der Waals surface area contributed by atoms with Crippen molar-refractivity contribution in [2.45, 2.75) is 47.0 Å². The van der Waals surface area contributed by atoms with E-state index in [1.807, 2.05) is 0 Å². The lowest BCUT2D eigenvalue weighted by molar-refractivity contribution is 0.590. The van der Waals surface area contributed by atoms with Gasteiger partial charge < -0.3 is 4.90 Å². The van der Waals surface area contributed by atoms with Crippen LogP contribution < -0.4 is 4.90 Å². The highest BCUT2D eigenvalue weighted by Gasteiger charge is 2.25. The molecule has 1 nitrogen and oxygen atoms in total. The Morgan fingerprint density at radius 3 is 1.65 bits per heavy atom. The van der Waals surface area contributed by atoms with Gasteiger partial charge in [-0.2, -0.15) is 0 Å². The second-order valence-corrected chi connectivity index (χ2v) is 14.1. The molecule has 0 amide bonds. The Hall–Kier alpha value is -5.14. The first-order valence-electron chi connectivity index (χ1n) is 16.3. The monoisotopic (exact) mass is 593 g/mol. The molecule has 1 heteroatoms. The van der Waals surface area contributed by atoms with Crippen LogP contribution in [0.15, 0.2) is 127 Å². The average molecular weight is 594 g/mol. The molecule has 0 heterocycles. The molecule has 0 saturated carbocycles. The molecule has 0 aromatic heterocycles. The van der Waals surface area contributed by atoms with Crippen LogP contribution in [0.2, 0.25) is 0 Å². The molecule has 0 fully saturated rings. The summed E-state index contributed by atoms with van der Waals surface area (Å²) in [4.78, 5) is 2.42. The summed E-state index contributed by atoms with van der Waals surface area (Å²) in [5, 5.41) is 5.11. The van der Waals surface area contributed by atoms with E-state index in [2.05, 4.69) is 174 Å². The Morgan fingerprint density at radius 1 is 0.435 bits per heavy atom. The van der Waals surface area contributed by atoms with Crippen LogP contribution in [0, 0.1) is 20.8 Å². The summed E-state index contributed by atoms with van der Waals surface area (Å²) in [6, 6.07) is 47.8. The predicted molar refractivity (Wildman–Crippen MR) is 199 cm³/mol. The number of rotatable bonds is 4. The van der Waals surface area contributed by atoms with Crippen molar-refractivity contribution in [2.75, 3.05) is 4.90 Å². The fourth-order valence-electron chi connectivity index (χ4n) is 7.08. The van der Waals surface area contributed by atoms with Gasteiger partial charge in [0.15, 0.2) is 0 Å². The minimum atomic E-state index is 0.156. The lowest BCUT2D eigenvalue weighted by Crippen LogP contribution is -2.13. The first-order valence-corrected chi connectivity index (χ1v) is 16.3. The van der Waals surface area contributed by atoms with E-state index in [1.54, 1.807) is 0 Å². The standard InChI is InChI=1S/C45H39N/c1-28-11-12-30(3)44(21-28)46(43-10-8-7-9-29(43)2)38-20-17-34-25-40-41-26-35-22-32(31-15-18-37(19-16-31)45(4,5)6)13-14-33(35)24-39(41)42(40)27-36(34)23-38/h7-27H,1-6H3. The number of aryl methyl sites for hydroxylation is 3. The molecule has 1 aliphatic carbocycles. The van der Waals surface area contributed by atoms with Gasteiger partial charge in [0.2, 0.25) is 0 Å². The maximum absolute atomic E-state index is 2.42. The van der Waals surface area contributed by atoms with E-state index in [-0.39, 0.29) is 5.41 Å². The van der Waals surface area contributed by atoms with Gasteiger partial charge in [0.1, 0.15) is 0 Å². The Balaban J connectivity index is 1.19. The Morgan fingerprint density at radius 2 is 1.00 bits per heavy atom. The topological polar surface area (TPSA) is 3.24 Å². The maximum atomic E-state index is 2.42. The number of hydrogen-bond donors (Lipinski definition) is 0. The molecule has 224 valence electrons. The van der Waals surface area contributed by atoms with Gasteiger partial charge >= 0.3 is 0 Å². The number of nitrogens with zero attached hydrogens (tertiary/aromatic N) is 1. The van der Waals surface area contributed by atoms with Crippen LogP contribution in [-0.4, -0.2) is 0 Å². The molecule has 0 N–H and O–H groups in total. The van der Waals surface area contributed by atoms with Crippen molar-refractivity contribution in [3.05, 3.63) is 150 Å². The lowest BCUT2D eigenvalue weighted by Gasteiger charge is -2.30. The Bertz CT molecular complexity index is 2310. The minimum absolute atomic E-state index is 0.156. The summed E-state index contributed by atoms with van der Waals surface area (Å²) in [6.07, 6.45) is 0. The van der Waals surface area contributed by atoms with Crippen molar-refractivity contribution in [2.24, 2.45) is 0 Å². The average Bonchev–Trinajstić information content (AvgIpc) is 3.05. The SMILES string of the molecule is Cc1ccc(C)c(N(c2ccc3cc4c(cc3c2)-c2cc3ccc(-c5ccc(C(C)(C)C)cc5)cc3cc2-4)c2ccccc2C)c1. The van der Waals surface area contributed by atoms with Crippen molar-refractivity contribution >= 4 is 38.6 Å². The van der Waals surface area contributed by atoms with E-state index in [4.69, 9.17) is 0 Å². The number of fused-ring (bicyclic) bond motifs is 6. The van der Waals surface area contributed by atoms with E-state index >= 15 is 0 Å². The third-order valence-corrected chi connectivity index (χ3v) is 9.82. The number of hydrogen-bond acceptors (Lipinski definition) is 1. The lowest BCUT2D eigenvalue weighted by atomic mass is 9.77. The fraction of sp³-hybridized carbons (Fsp3) is 0.156. The van der Waals surface area contributed by atoms with Gasteiger partial charge in [0.05, 0.1) is 0 Å². The quantitative estimate of drug-likeness (QED) is 0.196. The predicted octanol–water partition coefficient (Wildman–Crippen LogP) is 13.0. The molecule has 0 aliphatic heterocycles.